The van der Waals surface area contributed by atoms with E-state index in [9.17, 15) is 10.1 Å². The summed E-state index contributed by atoms with van der Waals surface area (Å²) in [6, 6.07) is 15.1. The maximum absolute atomic E-state index is 12.3. The first-order valence-corrected chi connectivity index (χ1v) is 8.50. The summed E-state index contributed by atoms with van der Waals surface area (Å²) in [5.74, 6) is 0.860. The zero-order valence-electron chi connectivity index (χ0n) is 15.7. The first-order chi connectivity index (χ1) is 13.1. The summed E-state index contributed by atoms with van der Waals surface area (Å²) < 4.78 is 10.4. The summed E-state index contributed by atoms with van der Waals surface area (Å²) >= 11 is 0. The second-order valence-electron chi connectivity index (χ2n) is 5.88. The SMILES string of the molecule is COc1ccc(CCN/C=C(/C#N)C(=O)Nc2cc(C)ccc2OC)cc1. The number of aryl methyl sites for hydroxylation is 1. The van der Waals surface area contributed by atoms with Gasteiger partial charge in [-0.2, -0.15) is 5.26 Å². The molecule has 6 heteroatoms. The Hall–Kier alpha value is -3.46. The Morgan fingerprint density at radius 2 is 1.89 bits per heavy atom. The minimum atomic E-state index is -0.488. The number of hydrogen-bond acceptors (Lipinski definition) is 5. The van der Waals surface area contributed by atoms with Gasteiger partial charge in [-0.15, -0.1) is 0 Å². The minimum absolute atomic E-state index is 0.00621. The maximum Gasteiger partial charge on any atom is 0.267 e. The fourth-order valence-electron chi connectivity index (χ4n) is 2.44. The van der Waals surface area contributed by atoms with E-state index in [1.165, 1.54) is 13.3 Å². The van der Waals surface area contributed by atoms with Gasteiger partial charge in [0.25, 0.3) is 5.91 Å². The third-order valence-corrected chi connectivity index (χ3v) is 3.93. The van der Waals surface area contributed by atoms with Crippen molar-refractivity contribution in [3.8, 4) is 17.6 Å². The van der Waals surface area contributed by atoms with Gasteiger partial charge in [0.05, 0.1) is 19.9 Å². The zero-order valence-corrected chi connectivity index (χ0v) is 15.7. The molecule has 0 aliphatic heterocycles. The summed E-state index contributed by atoms with van der Waals surface area (Å²) in [4.78, 5) is 12.3. The third-order valence-electron chi connectivity index (χ3n) is 3.93. The van der Waals surface area contributed by atoms with E-state index in [2.05, 4.69) is 10.6 Å². The summed E-state index contributed by atoms with van der Waals surface area (Å²) in [6.45, 7) is 2.51. The number of ether oxygens (including phenoxy) is 2. The lowest BCUT2D eigenvalue weighted by Crippen LogP contribution is -2.18. The molecule has 140 valence electrons. The molecule has 0 fully saturated rings. The van der Waals surface area contributed by atoms with Crippen LogP contribution in [0.2, 0.25) is 0 Å². The number of carbonyl (C=O) groups is 1. The fraction of sp³-hybridized carbons (Fsp3) is 0.238. The Morgan fingerprint density at radius 1 is 1.15 bits per heavy atom. The van der Waals surface area contributed by atoms with E-state index < -0.39 is 5.91 Å². The molecule has 0 atom stereocenters. The highest BCUT2D eigenvalue weighted by Crippen LogP contribution is 2.25. The van der Waals surface area contributed by atoms with Crippen molar-refractivity contribution in [3.05, 3.63) is 65.4 Å². The van der Waals surface area contributed by atoms with Gasteiger partial charge in [-0.05, 0) is 48.7 Å². The van der Waals surface area contributed by atoms with E-state index in [4.69, 9.17) is 9.47 Å². The van der Waals surface area contributed by atoms with Crippen molar-refractivity contribution in [2.45, 2.75) is 13.3 Å². The van der Waals surface area contributed by atoms with Gasteiger partial charge < -0.3 is 20.1 Å². The number of anilines is 1. The zero-order chi connectivity index (χ0) is 19.6. The Kier molecular flexibility index (Phi) is 7.26. The van der Waals surface area contributed by atoms with Crippen molar-refractivity contribution in [2.75, 3.05) is 26.1 Å². The minimum Gasteiger partial charge on any atom is -0.497 e. The molecule has 0 aliphatic carbocycles. The predicted molar refractivity (Wildman–Crippen MR) is 105 cm³/mol. The summed E-state index contributed by atoms with van der Waals surface area (Å²) in [5, 5.41) is 15.0. The van der Waals surface area contributed by atoms with E-state index in [0.717, 1.165) is 23.3 Å². The van der Waals surface area contributed by atoms with Crippen molar-refractivity contribution >= 4 is 11.6 Å². The summed E-state index contributed by atoms with van der Waals surface area (Å²) in [6.07, 6.45) is 2.19. The molecule has 0 heterocycles. The molecular formula is C21H23N3O3. The van der Waals surface area contributed by atoms with E-state index in [0.29, 0.717) is 18.0 Å². The van der Waals surface area contributed by atoms with Crippen LogP contribution in [0.1, 0.15) is 11.1 Å². The van der Waals surface area contributed by atoms with E-state index in [1.807, 2.05) is 43.3 Å². The first-order valence-electron chi connectivity index (χ1n) is 8.50. The Morgan fingerprint density at radius 3 is 2.52 bits per heavy atom. The second-order valence-corrected chi connectivity index (χ2v) is 5.88. The van der Waals surface area contributed by atoms with Crippen LogP contribution in [0.15, 0.2) is 54.2 Å². The number of nitriles is 1. The van der Waals surface area contributed by atoms with E-state index >= 15 is 0 Å². The molecule has 2 aromatic carbocycles. The Balaban J connectivity index is 1.94. The topological polar surface area (TPSA) is 83.4 Å². The normalized spacial score (nSPS) is 10.7. The lowest BCUT2D eigenvalue weighted by molar-refractivity contribution is -0.112. The number of hydrogen-bond donors (Lipinski definition) is 2. The molecule has 0 spiro atoms. The Labute approximate surface area is 159 Å². The van der Waals surface area contributed by atoms with Gasteiger partial charge in [0.15, 0.2) is 0 Å². The summed E-state index contributed by atoms with van der Waals surface area (Å²) in [7, 11) is 3.16. The van der Waals surface area contributed by atoms with Crippen LogP contribution in [-0.2, 0) is 11.2 Å². The second kappa shape index (κ2) is 9.88. The predicted octanol–water partition coefficient (Wildman–Crippen LogP) is 3.19. The van der Waals surface area contributed by atoms with Crippen LogP contribution in [0.25, 0.3) is 0 Å². The molecule has 0 saturated heterocycles. The van der Waals surface area contributed by atoms with Crippen molar-refractivity contribution in [1.82, 2.24) is 5.32 Å². The highest BCUT2D eigenvalue weighted by atomic mass is 16.5. The van der Waals surface area contributed by atoms with Gasteiger partial charge in [-0.1, -0.05) is 18.2 Å². The highest BCUT2D eigenvalue weighted by molar-refractivity contribution is 6.07. The number of nitrogens with zero attached hydrogens (tertiary/aromatic N) is 1. The lowest BCUT2D eigenvalue weighted by Gasteiger charge is -2.10. The van der Waals surface area contributed by atoms with Crippen LogP contribution in [0.4, 0.5) is 5.69 Å². The molecule has 0 aromatic heterocycles. The van der Waals surface area contributed by atoms with E-state index in [1.54, 1.807) is 19.2 Å². The molecule has 0 saturated carbocycles. The van der Waals surface area contributed by atoms with Crippen LogP contribution in [0.5, 0.6) is 11.5 Å². The van der Waals surface area contributed by atoms with Crippen LogP contribution in [0, 0.1) is 18.3 Å². The van der Waals surface area contributed by atoms with Crippen molar-refractivity contribution in [2.24, 2.45) is 0 Å². The van der Waals surface area contributed by atoms with Crippen LogP contribution in [0.3, 0.4) is 0 Å². The molecule has 6 nitrogen and oxygen atoms in total. The van der Waals surface area contributed by atoms with Gasteiger partial charge in [0, 0.05) is 12.7 Å². The summed E-state index contributed by atoms with van der Waals surface area (Å²) in [5.41, 5.74) is 2.63. The molecule has 27 heavy (non-hydrogen) atoms. The molecule has 2 aromatic rings. The molecule has 2 rings (SSSR count). The third kappa shape index (κ3) is 5.79. The lowest BCUT2D eigenvalue weighted by atomic mass is 10.1. The Bertz CT molecular complexity index is 852. The van der Waals surface area contributed by atoms with Crippen molar-refractivity contribution in [3.63, 3.8) is 0 Å². The van der Waals surface area contributed by atoms with Crippen LogP contribution in [-0.4, -0.2) is 26.7 Å². The molecule has 0 radical (unpaired) electrons. The van der Waals surface area contributed by atoms with Crippen molar-refractivity contribution in [1.29, 1.82) is 5.26 Å². The van der Waals surface area contributed by atoms with E-state index in [-0.39, 0.29) is 5.57 Å². The largest absolute Gasteiger partial charge is 0.497 e. The first kappa shape index (κ1) is 19.9. The highest BCUT2D eigenvalue weighted by Gasteiger charge is 2.12. The van der Waals surface area contributed by atoms with Gasteiger partial charge in [-0.3, -0.25) is 4.79 Å². The average Bonchev–Trinajstić information content (AvgIpc) is 2.68. The number of methoxy groups -OCH3 is 2. The van der Waals surface area contributed by atoms with Crippen molar-refractivity contribution < 1.29 is 14.3 Å². The smallest absolute Gasteiger partial charge is 0.267 e. The van der Waals surface area contributed by atoms with Crippen LogP contribution >= 0.6 is 0 Å². The van der Waals surface area contributed by atoms with Gasteiger partial charge in [0.1, 0.15) is 23.1 Å². The molecule has 0 bridgehead atoms. The number of rotatable bonds is 8. The number of carbonyl (C=O) groups excluding carboxylic acids is 1. The standard InChI is InChI=1S/C21H23N3O3/c1-15-4-9-20(27-3)19(12-15)24-21(25)17(13-22)14-23-11-10-16-5-7-18(26-2)8-6-16/h4-9,12,14,23H,10-11H2,1-3H3,(H,24,25)/b17-14-. The molecular weight excluding hydrogens is 342 g/mol. The molecule has 2 N–H and O–H groups in total. The van der Waals surface area contributed by atoms with Gasteiger partial charge in [0.2, 0.25) is 0 Å². The quantitative estimate of drug-likeness (QED) is 0.426. The number of nitrogens with one attached hydrogen (secondary N) is 2. The molecule has 1 amide bonds. The number of benzene rings is 2. The molecule has 0 aliphatic rings. The fourth-order valence-corrected chi connectivity index (χ4v) is 2.44. The maximum atomic E-state index is 12.3. The monoisotopic (exact) mass is 365 g/mol. The van der Waals surface area contributed by atoms with Gasteiger partial charge >= 0.3 is 0 Å². The van der Waals surface area contributed by atoms with Crippen LogP contribution < -0.4 is 20.1 Å². The van der Waals surface area contributed by atoms with Gasteiger partial charge in [-0.25, -0.2) is 0 Å². The molecule has 0 unspecified atom stereocenters. The average molecular weight is 365 g/mol. The number of amides is 1.